The molecule has 0 radical (unpaired) electrons. The lowest BCUT2D eigenvalue weighted by Gasteiger charge is -2.06. The van der Waals surface area contributed by atoms with Crippen LogP contribution in [0.1, 0.15) is 5.56 Å². The van der Waals surface area contributed by atoms with Crippen molar-refractivity contribution in [1.82, 2.24) is 10.5 Å². The largest absolute Gasteiger partial charge is 0.316 e. The Morgan fingerprint density at radius 1 is 1.36 bits per heavy atom. The van der Waals surface area contributed by atoms with Gasteiger partial charge in [-0.1, -0.05) is 23.7 Å². The maximum absolute atomic E-state index is 8.67. The Kier molecular flexibility index (Phi) is 2.63. The summed E-state index contributed by atoms with van der Waals surface area (Å²) in [6.45, 7) is 0.299. The molecule has 0 aliphatic carbocycles. The van der Waals surface area contributed by atoms with E-state index in [9.17, 15) is 0 Å². The van der Waals surface area contributed by atoms with Gasteiger partial charge in [-0.3, -0.25) is 4.98 Å². The fourth-order valence-electron chi connectivity index (χ4n) is 1.43. The van der Waals surface area contributed by atoms with Crippen LogP contribution in [0.5, 0.6) is 0 Å². The number of hydrogen-bond acceptors (Lipinski definition) is 3. The molecule has 3 nitrogen and oxygen atoms in total. The molecule has 0 unspecified atom stereocenters. The molecular formula is C10H9ClN2O. The first kappa shape index (κ1) is 9.40. The van der Waals surface area contributed by atoms with Gasteiger partial charge in [-0.15, -0.1) is 0 Å². The van der Waals surface area contributed by atoms with Crippen molar-refractivity contribution in [1.29, 1.82) is 0 Å². The Balaban J connectivity index is 2.69. The highest BCUT2D eigenvalue weighted by molar-refractivity contribution is 6.32. The lowest BCUT2D eigenvalue weighted by Crippen LogP contribution is -2.07. The van der Waals surface area contributed by atoms with Crippen LogP contribution in [0.4, 0.5) is 0 Å². The van der Waals surface area contributed by atoms with E-state index >= 15 is 0 Å². The molecule has 1 aromatic carbocycles. The topological polar surface area (TPSA) is 45.1 Å². The molecule has 14 heavy (non-hydrogen) atoms. The van der Waals surface area contributed by atoms with Gasteiger partial charge in [0.1, 0.15) is 0 Å². The minimum Gasteiger partial charge on any atom is -0.316 e. The van der Waals surface area contributed by atoms with Gasteiger partial charge in [-0.05, 0) is 12.1 Å². The molecule has 0 saturated carbocycles. The number of nitrogens with zero attached hydrogens (tertiary/aromatic N) is 1. The molecule has 4 heteroatoms. The zero-order valence-corrected chi connectivity index (χ0v) is 8.12. The summed E-state index contributed by atoms with van der Waals surface area (Å²) in [5.41, 5.74) is 3.73. The Morgan fingerprint density at radius 3 is 3.00 bits per heavy atom. The van der Waals surface area contributed by atoms with Crippen molar-refractivity contribution in [2.45, 2.75) is 6.54 Å². The quantitative estimate of drug-likeness (QED) is 0.745. The smallest absolute Gasteiger partial charge is 0.0762 e. The number of rotatable bonds is 2. The molecule has 0 bridgehead atoms. The van der Waals surface area contributed by atoms with E-state index in [0.717, 1.165) is 16.5 Å². The van der Waals surface area contributed by atoms with E-state index < -0.39 is 0 Å². The van der Waals surface area contributed by atoms with Gasteiger partial charge >= 0.3 is 0 Å². The summed E-state index contributed by atoms with van der Waals surface area (Å²) in [5.74, 6) is 0. The number of hydroxylamine groups is 1. The van der Waals surface area contributed by atoms with Crippen LogP contribution >= 0.6 is 11.6 Å². The standard InChI is InChI=1S/C10H9ClN2O/c11-9-4-3-7-2-1-5-12-10(7)8(9)6-13-14/h1-5,13-14H,6H2. The zero-order chi connectivity index (χ0) is 9.97. The van der Waals surface area contributed by atoms with Crippen molar-refractivity contribution in [2.24, 2.45) is 0 Å². The molecule has 0 aliphatic heterocycles. The van der Waals surface area contributed by atoms with Crippen molar-refractivity contribution in [3.05, 3.63) is 41.0 Å². The summed E-state index contributed by atoms with van der Waals surface area (Å²) in [5, 5.41) is 10.3. The number of hydrogen-bond donors (Lipinski definition) is 2. The Morgan fingerprint density at radius 2 is 2.21 bits per heavy atom. The minimum atomic E-state index is 0.299. The van der Waals surface area contributed by atoms with Gasteiger partial charge < -0.3 is 5.21 Å². The molecule has 0 amide bonds. The summed E-state index contributed by atoms with van der Waals surface area (Å²) < 4.78 is 0. The van der Waals surface area contributed by atoms with Gasteiger partial charge in [0.2, 0.25) is 0 Å². The van der Waals surface area contributed by atoms with E-state index in [4.69, 9.17) is 16.8 Å². The Bertz CT molecular complexity index is 459. The van der Waals surface area contributed by atoms with Gasteiger partial charge in [0.25, 0.3) is 0 Å². The van der Waals surface area contributed by atoms with E-state index in [2.05, 4.69) is 10.5 Å². The number of benzene rings is 1. The minimum absolute atomic E-state index is 0.299. The highest BCUT2D eigenvalue weighted by Gasteiger charge is 2.05. The molecule has 1 heterocycles. The number of halogens is 1. The van der Waals surface area contributed by atoms with Crippen LogP contribution in [0, 0.1) is 0 Å². The van der Waals surface area contributed by atoms with Crippen molar-refractivity contribution < 1.29 is 5.21 Å². The predicted octanol–water partition coefficient (Wildman–Crippen LogP) is 2.37. The van der Waals surface area contributed by atoms with Crippen LogP contribution in [0.3, 0.4) is 0 Å². The Hall–Kier alpha value is -1.16. The molecule has 72 valence electrons. The molecule has 2 rings (SSSR count). The maximum atomic E-state index is 8.67. The van der Waals surface area contributed by atoms with Crippen LogP contribution in [0.2, 0.25) is 5.02 Å². The fourth-order valence-corrected chi connectivity index (χ4v) is 1.65. The van der Waals surface area contributed by atoms with Crippen molar-refractivity contribution in [3.63, 3.8) is 0 Å². The molecule has 0 atom stereocenters. The van der Waals surface area contributed by atoms with Crippen LogP contribution in [-0.2, 0) is 6.54 Å². The fraction of sp³-hybridized carbons (Fsp3) is 0.100. The first-order valence-corrected chi connectivity index (χ1v) is 4.60. The first-order chi connectivity index (χ1) is 6.83. The highest BCUT2D eigenvalue weighted by Crippen LogP contribution is 2.23. The summed E-state index contributed by atoms with van der Waals surface area (Å²) in [6.07, 6.45) is 1.71. The normalized spacial score (nSPS) is 10.7. The monoisotopic (exact) mass is 208 g/mol. The molecule has 2 N–H and O–H groups in total. The van der Waals surface area contributed by atoms with Gasteiger partial charge in [0.05, 0.1) is 5.52 Å². The number of nitrogens with one attached hydrogen (secondary N) is 1. The third-order valence-electron chi connectivity index (χ3n) is 2.08. The van der Waals surface area contributed by atoms with Crippen molar-refractivity contribution >= 4 is 22.5 Å². The van der Waals surface area contributed by atoms with E-state index in [1.54, 1.807) is 12.3 Å². The van der Waals surface area contributed by atoms with Gasteiger partial charge in [0, 0.05) is 28.7 Å². The van der Waals surface area contributed by atoms with E-state index in [0.29, 0.717) is 11.6 Å². The third-order valence-corrected chi connectivity index (χ3v) is 2.43. The van der Waals surface area contributed by atoms with Crippen LogP contribution in [0.25, 0.3) is 10.9 Å². The van der Waals surface area contributed by atoms with Crippen LogP contribution in [0.15, 0.2) is 30.5 Å². The number of fused-ring (bicyclic) bond motifs is 1. The van der Waals surface area contributed by atoms with Crippen LogP contribution in [-0.4, -0.2) is 10.2 Å². The Labute approximate surface area is 86.3 Å². The third kappa shape index (κ3) is 1.57. The van der Waals surface area contributed by atoms with Crippen LogP contribution < -0.4 is 5.48 Å². The molecule has 0 aliphatic rings. The SMILES string of the molecule is ONCc1c(Cl)ccc2cccnc12. The predicted molar refractivity (Wildman–Crippen MR) is 55.4 cm³/mol. The van der Waals surface area contributed by atoms with Gasteiger partial charge in [0.15, 0.2) is 0 Å². The summed E-state index contributed by atoms with van der Waals surface area (Å²) in [7, 11) is 0. The molecule has 0 saturated heterocycles. The highest BCUT2D eigenvalue weighted by atomic mass is 35.5. The summed E-state index contributed by atoms with van der Waals surface area (Å²) in [6, 6.07) is 7.54. The maximum Gasteiger partial charge on any atom is 0.0762 e. The average molecular weight is 209 g/mol. The van der Waals surface area contributed by atoms with E-state index in [1.165, 1.54) is 0 Å². The molecule has 2 aromatic rings. The van der Waals surface area contributed by atoms with Crippen molar-refractivity contribution in [2.75, 3.05) is 0 Å². The zero-order valence-electron chi connectivity index (χ0n) is 7.37. The first-order valence-electron chi connectivity index (χ1n) is 4.22. The van der Waals surface area contributed by atoms with E-state index in [1.807, 2.05) is 18.2 Å². The summed E-state index contributed by atoms with van der Waals surface area (Å²) >= 11 is 5.99. The van der Waals surface area contributed by atoms with Gasteiger partial charge in [-0.2, -0.15) is 0 Å². The van der Waals surface area contributed by atoms with Crippen molar-refractivity contribution in [3.8, 4) is 0 Å². The van der Waals surface area contributed by atoms with Gasteiger partial charge in [-0.25, -0.2) is 5.48 Å². The lowest BCUT2D eigenvalue weighted by atomic mass is 10.1. The lowest BCUT2D eigenvalue weighted by molar-refractivity contribution is 0.161. The molecule has 1 aromatic heterocycles. The molecular weight excluding hydrogens is 200 g/mol. The molecule has 0 fully saturated rings. The number of aromatic nitrogens is 1. The average Bonchev–Trinajstić information content (AvgIpc) is 2.23. The van der Waals surface area contributed by atoms with E-state index in [-0.39, 0.29) is 0 Å². The second-order valence-corrected chi connectivity index (χ2v) is 3.34. The second-order valence-electron chi connectivity index (χ2n) is 2.94. The second kappa shape index (κ2) is 3.92. The summed E-state index contributed by atoms with van der Waals surface area (Å²) in [4.78, 5) is 4.23. The molecule has 0 spiro atoms. The number of pyridine rings is 1.